The van der Waals surface area contributed by atoms with Gasteiger partial charge in [0.1, 0.15) is 0 Å². The van der Waals surface area contributed by atoms with Crippen molar-refractivity contribution in [3.05, 3.63) is 18.0 Å². The van der Waals surface area contributed by atoms with Crippen molar-refractivity contribution < 1.29 is 0 Å². The van der Waals surface area contributed by atoms with Crippen molar-refractivity contribution in [1.82, 2.24) is 10.2 Å². The largest absolute Gasteiger partial charge is 0.397 e. The Hall–Kier alpha value is -0.770. The molecule has 1 aliphatic rings. The molecule has 0 atom stereocenters. The van der Waals surface area contributed by atoms with Gasteiger partial charge in [0.15, 0.2) is 0 Å². The molecule has 4 heteroatoms. The average Bonchev–Trinajstić information content (AvgIpc) is 2.19. The van der Waals surface area contributed by atoms with Crippen LogP contribution in [0.1, 0.15) is 18.5 Å². The van der Waals surface area contributed by atoms with E-state index >= 15 is 0 Å². The number of thioether (sulfide) groups is 1. The predicted octanol–water partition coefficient (Wildman–Crippen LogP) is 1.74. The maximum absolute atomic E-state index is 5.66. The fourth-order valence-electron chi connectivity index (χ4n) is 1.77. The lowest BCUT2D eigenvalue weighted by atomic mass is 9.97. The number of hydrogen-bond acceptors (Lipinski definition) is 4. The number of nitrogens with zero attached hydrogens (tertiary/aromatic N) is 2. The highest BCUT2D eigenvalue weighted by atomic mass is 32.2. The Bertz CT molecular complexity index is 297. The minimum Gasteiger partial charge on any atom is -0.397 e. The molecule has 1 aromatic heterocycles. The molecular formula is C10H15N3S. The Morgan fingerprint density at radius 2 is 2.21 bits per heavy atom. The smallest absolute Gasteiger partial charge is 0.0726 e. The minimum atomic E-state index is 0.722. The summed E-state index contributed by atoms with van der Waals surface area (Å²) < 4.78 is 0. The zero-order chi connectivity index (χ0) is 9.80. The molecule has 0 unspecified atom stereocenters. The Morgan fingerprint density at radius 1 is 1.43 bits per heavy atom. The van der Waals surface area contributed by atoms with E-state index in [4.69, 9.17) is 5.73 Å². The highest BCUT2D eigenvalue weighted by Crippen LogP contribution is 2.25. The van der Waals surface area contributed by atoms with Crippen molar-refractivity contribution in [3.8, 4) is 0 Å². The van der Waals surface area contributed by atoms with Crippen LogP contribution in [0.25, 0.3) is 0 Å². The van der Waals surface area contributed by atoms with Crippen molar-refractivity contribution in [2.45, 2.75) is 19.3 Å². The van der Waals surface area contributed by atoms with Gasteiger partial charge in [-0.2, -0.15) is 22.0 Å². The highest BCUT2D eigenvalue weighted by molar-refractivity contribution is 7.99. The van der Waals surface area contributed by atoms with Crippen LogP contribution in [0.3, 0.4) is 0 Å². The first-order chi connectivity index (χ1) is 6.84. The van der Waals surface area contributed by atoms with Crippen molar-refractivity contribution in [3.63, 3.8) is 0 Å². The standard InChI is InChI=1S/C10H15N3S/c11-9-6-10(13-12-7-9)5-8-1-3-14-4-2-8/h6-8H,1-5H2,(H2,11,13). The molecule has 0 bridgehead atoms. The highest BCUT2D eigenvalue weighted by Gasteiger charge is 2.14. The number of hydrogen-bond donors (Lipinski definition) is 1. The molecule has 0 spiro atoms. The summed E-state index contributed by atoms with van der Waals surface area (Å²) in [4.78, 5) is 0. The van der Waals surface area contributed by atoms with Gasteiger partial charge in [-0.15, -0.1) is 0 Å². The number of nitrogen functional groups attached to an aromatic ring is 1. The van der Waals surface area contributed by atoms with Gasteiger partial charge < -0.3 is 5.73 Å². The van der Waals surface area contributed by atoms with Crippen LogP contribution >= 0.6 is 11.8 Å². The van der Waals surface area contributed by atoms with Gasteiger partial charge >= 0.3 is 0 Å². The molecule has 3 nitrogen and oxygen atoms in total. The van der Waals surface area contributed by atoms with Crippen molar-refractivity contribution in [2.24, 2.45) is 5.92 Å². The summed E-state index contributed by atoms with van der Waals surface area (Å²) >= 11 is 2.05. The number of aromatic nitrogens is 2. The third-order valence-electron chi connectivity index (χ3n) is 2.56. The summed E-state index contributed by atoms with van der Waals surface area (Å²) in [5, 5.41) is 7.97. The van der Waals surface area contributed by atoms with Crippen LogP contribution < -0.4 is 5.73 Å². The van der Waals surface area contributed by atoms with Crippen LogP contribution in [-0.4, -0.2) is 21.7 Å². The molecule has 2 rings (SSSR count). The summed E-state index contributed by atoms with van der Waals surface area (Å²) in [5.74, 6) is 3.37. The molecule has 76 valence electrons. The molecule has 2 N–H and O–H groups in total. The SMILES string of the molecule is Nc1cnnc(CC2CCSCC2)c1. The van der Waals surface area contributed by atoms with Gasteiger partial charge in [-0.1, -0.05) is 0 Å². The Labute approximate surface area is 88.5 Å². The molecule has 0 aromatic carbocycles. The topological polar surface area (TPSA) is 51.8 Å². The van der Waals surface area contributed by atoms with Gasteiger partial charge in [-0.25, -0.2) is 0 Å². The lowest BCUT2D eigenvalue weighted by Gasteiger charge is -2.20. The van der Waals surface area contributed by atoms with Crippen molar-refractivity contribution >= 4 is 17.4 Å². The molecule has 1 fully saturated rings. The second-order valence-electron chi connectivity index (χ2n) is 3.74. The van der Waals surface area contributed by atoms with Gasteiger partial charge in [0.05, 0.1) is 17.6 Å². The van der Waals surface area contributed by atoms with Crippen LogP contribution in [0, 0.1) is 5.92 Å². The minimum absolute atomic E-state index is 0.722. The monoisotopic (exact) mass is 209 g/mol. The second kappa shape index (κ2) is 4.64. The van der Waals surface area contributed by atoms with Crippen LogP contribution in [0.5, 0.6) is 0 Å². The van der Waals surface area contributed by atoms with E-state index in [2.05, 4.69) is 22.0 Å². The molecule has 2 heterocycles. The summed E-state index contributed by atoms with van der Waals surface area (Å²) in [5.41, 5.74) is 7.42. The van der Waals surface area contributed by atoms with Crippen LogP contribution in [-0.2, 0) is 6.42 Å². The van der Waals surface area contributed by atoms with Gasteiger partial charge in [-0.05, 0) is 42.8 Å². The Balaban J connectivity index is 1.95. The van der Waals surface area contributed by atoms with Crippen LogP contribution in [0.4, 0.5) is 5.69 Å². The van der Waals surface area contributed by atoms with Crippen LogP contribution in [0.15, 0.2) is 12.3 Å². The average molecular weight is 209 g/mol. The maximum atomic E-state index is 5.66. The summed E-state index contributed by atoms with van der Waals surface area (Å²) in [6, 6.07) is 1.94. The molecule has 0 aliphatic carbocycles. The maximum Gasteiger partial charge on any atom is 0.0726 e. The quantitative estimate of drug-likeness (QED) is 0.806. The predicted molar refractivity (Wildman–Crippen MR) is 60.2 cm³/mol. The van der Waals surface area contributed by atoms with E-state index in [0.717, 1.165) is 23.7 Å². The zero-order valence-electron chi connectivity index (χ0n) is 8.15. The van der Waals surface area contributed by atoms with E-state index in [1.165, 1.54) is 24.3 Å². The number of anilines is 1. The van der Waals surface area contributed by atoms with Gasteiger partial charge in [0, 0.05) is 0 Å². The third kappa shape index (κ3) is 2.61. The van der Waals surface area contributed by atoms with Crippen LogP contribution in [0.2, 0.25) is 0 Å². The lowest BCUT2D eigenvalue weighted by Crippen LogP contribution is -2.13. The first-order valence-electron chi connectivity index (χ1n) is 4.99. The van der Waals surface area contributed by atoms with Gasteiger partial charge in [0.2, 0.25) is 0 Å². The summed E-state index contributed by atoms with van der Waals surface area (Å²) in [6.45, 7) is 0. The fraction of sp³-hybridized carbons (Fsp3) is 0.600. The molecule has 1 aliphatic heterocycles. The van der Waals surface area contributed by atoms with E-state index in [1.54, 1.807) is 6.20 Å². The normalized spacial score (nSPS) is 18.3. The first-order valence-corrected chi connectivity index (χ1v) is 6.15. The van der Waals surface area contributed by atoms with E-state index in [0.29, 0.717) is 0 Å². The zero-order valence-corrected chi connectivity index (χ0v) is 8.96. The van der Waals surface area contributed by atoms with E-state index in [-0.39, 0.29) is 0 Å². The molecule has 1 saturated heterocycles. The molecular weight excluding hydrogens is 194 g/mol. The first kappa shape index (κ1) is 9.77. The number of rotatable bonds is 2. The Morgan fingerprint density at radius 3 is 2.93 bits per heavy atom. The van der Waals surface area contributed by atoms with E-state index in [1.807, 2.05) is 6.07 Å². The van der Waals surface area contributed by atoms with Gasteiger partial charge in [0.25, 0.3) is 0 Å². The molecule has 0 radical (unpaired) electrons. The lowest BCUT2D eigenvalue weighted by molar-refractivity contribution is 0.480. The molecule has 14 heavy (non-hydrogen) atoms. The third-order valence-corrected chi connectivity index (χ3v) is 3.61. The summed E-state index contributed by atoms with van der Waals surface area (Å²) in [7, 11) is 0. The molecule has 1 aromatic rings. The van der Waals surface area contributed by atoms with Crippen molar-refractivity contribution in [2.75, 3.05) is 17.2 Å². The second-order valence-corrected chi connectivity index (χ2v) is 4.96. The fourth-order valence-corrected chi connectivity index (χ4v) is 2.98. The number of nitrogens with two attached hydrogens (primary N) is 1. The summed E-state index contributed by atoms with van der Waals surface area (Å²) in [6.07, 6.45) is 5.25. The van der Waals surface area contributed by atoms with Crippen molar-refractivity contribution in [1.29, 1.82) is 0 Å². The van der Waals surface area contributed by atoms with E-state index in [9.17, 15) is 0 Å². The van der Waals surface area contributed by atoms with E-state index < -0.39 is 0 Å². The molecule has 0 amide bonds. The Kier molecular flexibility index (Phi) is 3.24. The van der Waals surface area contributed by atoms with Gasteiger partial charge in [-0.3, -0.25) is 0 Å². The molecule has 0 saturated carbocycles.